The largest absolute Gasteiger partial charge is 0.342 e. The van der Waals surface area contributed by atoms with Crippen LogP contribution >= 0.6 is 0 Å². The molecule has 1 aromatic heterocycles. The van der Waals surface area contributed by atoms with E-state index in [2.05, 4.69) is 14.9 Å². The summed E-state index contributed by atoms with van der Waals surface area (Å²) in [7, 11) is 0. The minimum Gasteiger partial charge on any atom is -0.342 e. The van der Waals surface area contributed by atoms with E-state index in [1.54, 1.807) is 15.9 Å². The Labute approximate surface area is 142 Å². The van der Waals surface area contributed by atoms with Crippen LogP contribution in [-0.2, 0) is 4.79 Å². The van der Waals surface area contributed by atoms with E-state index in [1.807, 2.05) is 6.92 Å². The predicted octanol–water partition coefficient (Wildman–Crippen LogP) is 1.08. The fourth-order valence-electron chi connectivity index (χ4n) is 3.27. The van der Waals surface area contributed by atoms with E-state index in [-0.39, 0.29) is 5.91 Å². The highest BCUT2D eigenvalue weighted by molar-refractivity contribution is 5.92. The molecule has 2 amide bonds. The summed E-state index contributed by atoms with van der Waals surface area (Å²) in [6, 6.07) is 1.76. The number of hydrogen-bond acceptors (Lipinski definition) is 5. The fraction of sp³-hybridized carbons (Fsp3) is 0.647. The Morgan fingerprint density at radius 1 is 1.00 bits per heavy atom. The normalized spacial score (nSPS) is 19.1. The van der Waals surface area contributed by atoms with Crippen molar-refractivity contribution in [3.63, 3.8) is 0 Å². The van der Waals surface area contributed by atoms with Gasteiger partial charge in [-0.1, -0.05) is 12.8 Å². The summed E-state index contributed by atoms with van der Waals surface area (Å²) in [5.41, 5.74) is 1.28. The van der Waals surface area contributed by atoms with Gasteiger partial charge in [-0.3, -0.25) is 9.59 Å². The lowest BCUT2D eigenvalue weighted by atomic mass is 10.2. The molecule has 7 nitrogen and oxygen atoms in total. The zero-order valence-electron chi connectivity index (χ0n) is 14.3. The van der Waals surface area contributed by atoms with Crippen molar-refractivity contribution in [3.8, 4) is 0 Å². The number of carbonyl (C=O) groups is 2. The highest BCUT2D eigenvalue weighted by atomic mass is 16.2. The Morgan fingerprint density at radius 3 is 2.29 bits per heavy atom. The molecule has 0 aliphatic carbocycles. The molecule has 0 spiro atoms. The number of anilines is 1. The maximum Gasteiger partial charge on any atom is 0.272 e. The van der Waals surface area contributed by atoms with Crippen molar-refractivity contribution in [1.29, 1.82) is 0 Å². The number of aryl methyl sites for hydroxylation is 1. The van der Waals surface area contributed by atoms with Crippen molar-refractivity contribution in [2.24, 2.45) is 0 Å². The van der Waals surface area contributed by atoms with E-state index >= 15 is 0 Å². The molecule has 3 rings (SSSR count). The Hall–Kier alpha value is -2.18. The second-order valence-corrected chi connectivity index (χ2v) is 6.53. The molecule has 130 valence electrons. The van der Waals surface area contributed by atoms with Gasteiger partial charge in [0.25, 0.3) is 5.91 Å². The number of rotatable bonds is 3. The average molecular weight is 331 g/mol. The molecule has 1 aromatic rings. The third kappa shape index (κ3) is 3.83. The van der Waals surface area contributed by atoms with E-state index in [0.29, 0.717) is 37.8 Å². The van der Waals surface area contributed by atoms with Crippen molar-refractivity contribution in [3.05, 3.63) is 17.5 Å². The molecular formula is C17H25N5O2. The first-order valence-corrected chi connectivity index (χ1v) is 8.76. The first-order chi connectivity index (χ1) is 11.7. The molecule has 0 N–H and O–H groups in total. The van der Waals surface area contributed by atoms with Gasteiger partial charge in [0.1, 0.15) is 5.69 Å². The minimum atomic E-state index is -0.0675. The molecule has 3 heterocycles. The summed E-state index contributed by atoms with van der Waals surface area (Å²) in [6.45, 7) is 6.09. The molecule has 0 bridgehead atoms. The highest BCUT2D eigenvalue weighted by Crippen LogP contribution is 2.17. The molecule has 2 saturated heterocycles. The van der Waals surface area contributed by atoms with Crippen molar-refractivity contribution < 1.29 is 9.59 Å². The number of hydrogen-bond donors (Lipinski definition) is 0. The maximum atomic E-state index is 12.8. The van der Waals surface area contributed by atoms with Crippen LogP contribution in [0.15, 0.2) is 6.07 Å². The summed E-state index contributed by atoms with van der Waals surface area (Å²) in [5, 5.41) is 0. The quantitative estimate of drug-likeness (QED) is 0.775. The predicted molar refractivity (Wildman–Crippen MR) is 91.0 cm³/mol. The molecule has 2 fully saturated rings. The van der Waals surface area contributed by atoms with Crippen molar-refractivity contribution in [2.75, 3.05) is 44.2 Å². The van der Waals surface area contributed by atoms with Gasteiger partial charge in [-0.05, 0) is 25.8 Å². The number of aromatic nitrogens is 2. The Bertz CT molecular complexity index is 591. The van der Waals surface area contributed by atoms with Gasteiger partial charge >= 0.3 is 0 Å². The number of piperazine rings is 1. The fourth-order valence-corrected chi connectivity index (χ4v) is 3.27. The van der Waals surface area contributed by atoms with E-state index in [9.17, 15) is 9.59 Å². The van der Waals surface area contributed by atoms with Crippen LogP contribution in [0.5, 0.6) is 0 Å². The topological polar surface area (TPSA) is 69.6 Å². The monoisotopic (exact) mass is 331 g/mol. The van der Waals surface area contributed by atoms with E-state index < -0.39 is 0 Å². The van der Waals surface area contributed by atoms with Crippen LogP contribution in [0.2, 0.25) is 0 Å². The summed E-state index contributed by atoms with van der Waals surface area (Å²) >= 11 is 0. The summed E-state index contributed by atoms with van der Waals surface area (Å²) in [4.78, 5) is 38.3. The van der Waals surface area contributed by atoms with Crippen LogP contribution in [0.3, 0.4) is 0 Å². The van der Waals surface area contributed by atoms with Gasteiger partial charge in [-0.25, -0.2) is 9.97 Å². The first-order valence-electron chi connectivity index (χ1n) is 8.76. The van der Waals surface area contributed by atoms with Crippen LogP contribution in [0.25, 0.3) is 0 Å². The molecule has 2 aliphatic rings. The SMILES string of the molecule is Cc1cc(C(=O)N2CCN(C=O)CC2)nc(N2CCCCCC2)n1. The van der Waals surface area contributed by atoms with Gasteiger partial charge in [0.2, 0.25) is 12.4 Å². The molecular weight excluding hydrogens is 306 g/mol. The lowest BCUT2D eigenvalue weighted by Crippen LogP contribution is -2.48. The van der Waals surface area contributed by atoms with E-state index in [0.717, 1.165) is 38.0 Å². The van der Waals surface area contributed by atoms with Crippen LogP contribution in [-0.4, -0.2) is 71.4 Å². The van der Waals surface area contributed by atoms with Crippen LogP contribution < -0.4 is 4.90 Å². The number of nitrogens with zero attached hydrogens (tertiary/aromatic N) is 5. The van der Waals surface area contributed by atoms with Gasteiger partial charge in [0, 0.05) is 45.0 Å². The second kappa shape index (κ2) is 7.59. The van der Waals surface area contributed by atoms with Crippen molar-refractivity contribution >= 4 is 18.3 Å². The van der Waals surface area contributed by atoms with Gasteiger partial charge in [0.05, 0.1) is 0 Å². The van der Waals surface area contributed by atoms with E-state index in [4.69, 9.17) is 0 Å². The minimum absolute atomic E-state index is 0.0675. The number of carbonyl (C=O) groups excluding carboxylic acids is 2. The van der Waals surface area contributed by atoms with Crippen LogP contribution in [0.1, 0.15) is 41.9 Å². The Kier molecular flexibility index (Phi) is 5.27. The second-order valence-electron chi connectivity index (χ2n) is 6.53. The Morgan fingerprint density at radius 2 is 1.67 bits per heavy atom. The summed E-state index contributed by atoms with van der Waals surface area (Å²) < 4.78 is 0. The molecule has 0 radical (unpaired) electrons. The zero-order valence-corrected chi connectivity index (χ0v) is 14.3. The Balaban J connectivity index is 1.75. The highest BCUT2D eigenvalue weighted by Gasteiger charge is 2.24. The molecule has 2 aliphatic heterocycles. The van der Waals surface area contributed by atoms with Crippen molar-refractivity contribution in [1.82, 2.24) is 19.8 Å². The molecule has 0 atom stereocenters. The summed E-state index contributed by atoms with van der Waals surface area (Å²) in [5.74, 6) is 0.605. The van der Waals surface area contributed by atoms with Crippen molar-refractivity contribution in [2.45, 2.75) is 32.6 Å². The summed E-state index contributed by atoms with van der Waals surface area (Å²) in [6.07, 6.45) is 5.63. The molecule has 0 aromatic carbocycles. The maximum absolute atomic E-state index is 12.8. The zero-order chi connectivity index (χ0) is 16.9. The van der Waals surface area contributed by atoms with Gasteiger partial charge in [0.15, 0.2) is 0 Å². The van der Waals surface area contributed by atoms with E-state index in [1.165, 1.54) is 12.8 Å². The smallest absolute Gasteiger partial charge is 0.272 e. The molecule has 0 unspecified atom stereocenters. The lowest BCUT2D eigenvalue weighted by molar-refractivity contribution is -0.119. The molecule has 0 saturated carbocycles. The van der Waals surface area contributed by atoms with Crippen LogP contribution in [0, 0.1) is 6.92 Å². The first kappa shape index (κ1) is 16.7. The van der Waals surface area contributed by atoms with Gasteiger partial charge in [-0.2, -0.15) is 0 Å². The number of amides is 2. The lowest BCUT2D eigenvalue weighted by Gasteiger charge is -2.32. The van der Waals surface area contributed by atoms with Crippen LogP contribution in [0.4, 0.5) is 5.95 Å². The standard InChI is InChI=1S/C17H25N5O2/c1-14-12-15(16(24)21-10-8-20(13-23)9-11-21)19-17(18-14)22-6-4-2-3-5-7-22/h12-13H,2-11H2,1H3. The third-order valence-electron chi connectivity index (χ3n) is 4.70. The average Bonchev–Trinajstić information content (AvgIpc) is 2.90. The third-order valence-corrected chi connectivity index (χ3v) is 4.70. The van der Waals surface area contributed by atoms with Gasteiger partial charge < -0.3 is 14.7 Å². The van der Waals surface area contributed by atoms with Gasteiger partial charge in [-0.15, -0.1) is 0 Å². The molecule has 7 heteroatoms. The molecule has 24 heavy (non-hydrogen) atoms.